The molecule has 1 aromatic rings. The predicted molar refractivity (Wildman–Crippen MR) is 70.4 cm³/mol. The van der Waals surface area contributed by atoms with E-state index in [0.29, 0.717) is 19.7 Å². The minimum absolute atomic E-state index is 0.0818. The average molecular weight is 354 g/mol. The van der Waals surface area contributed by atoms with Gasteiger partial charge in [0.15, 0.2) is 0 Å². The van der Waals surface area contributed by atoms with E-state index < -0.39 is 12.7 Å². The number of rotatable bonds is 4. The lowest BCUT2D eigenvalue weighted by Crippen LogP contribution is -2.42. The van der Waals surface area contributed by atoms with Crippen molar-refractivity contribution in [1.82, 2.24) is 14.9 Å². The van der Waals surface area contributed by atoms with Crippen molar-refractivity contribution in [2.75, 3.05) is 26.2 Å². The van der Waals surface area contributed by atoms with Gasteiger partial charge in [-0.2, -0.15) is 13.2 Å². The van der Waals surface area contributed by atoms with Crippen molar-refractivity contribution in [3.63, 3.8) is 0 Å². The third-order valence-electron chi connectivity index (χ3n) is 3.05. The van der Waals surface area contributed by atoms with Gasteiger partial charge in [-0.05, 0) is 35.3 Å². The van der Waals surface area contributed by atoms with Gasteiger partial charge in [0, 0.05) is 24.9 Å². The number of alkyl halides is 3. The molecule has 0 saturated carbocycles. The molecule has 0 bridgehead atoms. The summed E-state index contributed by atoms with van der Waals surface area (Å²) in [5.74, 6) is 0.0818. The fourth-order valence-corrected chi connectivity index (χ4v) is 2.46. The second-order valence-corrected chi connectivity index (χ2v) is 5.77. The third kappa shape index (κ3) is 5.24. The van der Waals surface area contributed by atoms with Crippen molar-refractivity contribution in [2.24, 2.45) is 5.92 Å². The molecule has 1 aromatic heterocycles. The van der Waals surface area contributed by atoms with Gasteiger partial charge in [-0.15, -0.1) is 0 Å². The van der Waals surface area contributed by atoms with Crippen molar-refractivity contribution in [2.45, 2.75) is 19.0 Å². The molecule has 1 aliphatic heterocycles. The van der Waals surface area contributed by atoms with Gasteiger partial charge >= 0.3 is 12.2 Å². The van der Waals surface area contributed by atoms with E-state index in [-0.39, 0.29) is 11.9 Å². The zero-order valence-electron chi connectivity index (χ0n) is 10.7. The number of ether oxygens (including phenoxy) is 1. The second-order valence-electron chi connectivity index (χ2n) is 4.85. The minimum Gasteiger partial charge on any atom is -0.463 e. The lowest BCUT2D eigenvalue weighted by atomic mass is 9.99. The summed E-state index contributed by atoms with van der Waals surface area (Å²) in [7, 11) is 0. The quantitative estimate of drug-likeness (QED) is 0.834. The van der Waals surface area contributed by atoms with Gasteiger partial charge in [-0.25, -0.2) is 9.97 Å². The number of likely N-dealkylation sites (tertiary alicyclic amines) is 1. The molecule has 0 radical (unpaired) electrons. The van der Waals surface area contributed by atoms with Gasteiger partial charge in [0.05, 0.1) is 17.6 Å². The van der Waals surface area contributed by atoms with Crippen LogP contribution in [0.4, 0.5) is 13.2 Å². The van der Waals surface area contributed by atoms with E-state index in [1.807, 2.05) is 0 Å². The SMILES string of the molecule is FC(F)(F)CN1CCCC(COc2ncc(Br)cn2)C1. The van der Waals surface area contributed by atoms with E-state index in [1.54, 1.807) is 12.4 Å². The summed E-state index contributed by atoms with van der Waals surface area (Å²) in [6, 6.07) is 0.251. The molecular weight excluding hydrogens is 339 g/mol. The van der Waals surface area contributed by atoms with E-state index in [2.05, 4.69) is 25.9 Å². The van der Waals surface area contributed by atoms with Gasteiger partial charge in [0.2, 0.25) is 0 Å². The molecule has 1 atom stereocenters. The number of hydrogen-bond acceptors (Lipinski definition) is 4. The molecule has 0 aromatic carbocycles. The number of halogens is 4. The Morgan fingerprint density at radius 3 is 2.70 bits per heavy atom. The molecule has 0 aliphatic carbocycles. The highest BCUT2D eigenvalue weighted by atomic mass is 79.9. The molecule has 20 heavy (non-hydrogen) atoms. The van der Waals surface area contributed by atoms with Crippen molar-refractivity contribution >= 4 is 15.9 Å². The van der Waals surface area contributed by atoms with E-state index in [4.69, 9.17) is 4.74 Å². The maximum absolute atomic E-state index is 12.4. The lowest BCUT2D eigenvalue weighted by molar-refractivity contribution is -0.149. The molecular formula is C12H15BrF3N3O. The monoisotopic (exact) mass is 353 g/mol. The standard InChI is InChI=1S/C12H15BrF3N3O/c13-10-4-17-11(18-5-10)20-7-9-2-1-3-19(6-9)8-12(14,15)16/h4-5,9H,1-3,6-8H2. The van der Waals surface area contributed by atoms with Crippen LogP contribution in [0.25, 0.3) is 0 Å². The zero-order chi connectivity index (χ0) is 14.6. The van der Waals surface area contributed by atoms with Crippen LogP contribution in [0.5, 0.6) is 6.01 Å². The molecule has 1 aliphatic rings. The number of piperidine rings is 1. The largest absolute Gasteiger partial charge is 0.463 e. The Bertz CT molecular complexity index is 427. The first-order chi connectivity index (χ1) is 9.42. The Balaban J connectivity index is 1.79. The van der Waals surface area contributed by atoms with Crippen LogP contribution in [0.1, 0.15) is 12.8 Å². The van der Waals surface area contributed by atoms with Gasteiger partial charge < -0.3 is 4.74 Å². The average Bonchev–Trinajstić information content (AvgIpc) is 2.36. The van der Waals surface area contributed by atoms with Crippen LogP contribution in [0.15, 0.2) is 16.9 Å². The molecule has 1 unspecified atom stereocenters. The fraction of sp³-hybridized carbons (Fsp3) is 0.667. The number of hydrogen-bond donors (Lipinski definition) is 0. The van der Waals surface area contributed by atoms with Crippen LogP contribution in [0.3, 0.4) is 0 Å². The van der Waals surface area contributed by atoms with Crippen molar-refractivity contribution in [3.8, 4) is 6.01 Å². The van der Waals surface area contributed by atoms with Crippen molar-refractivity contribution < 1.29 is 17.9 Å². The molecule has 1 saturated heterocycles. The summed E-state index contributed by atoms with van der Waals surface area (Å²) in [4.78, 5) is 9.37. The molecule has 0 spiro atoms. The summed E-state index contributed by atoms with van der Waals surface area (Å²) in [6.07, 6.45) is 0.617. The number of aromatic nitrogens is 2. The summed E-state index contributed by atoms with van der Waals surface area (Å²) in [6.45, 7) is 0.384. The van der Waals surface area contributed by atoms with Crippen LogP contribution in [-0.2, 0) is 0 Å². The summed E-state index contributed by atoms with van der Waals surface area (Å²) >= 11 is 3.22. The maximum Gasteiger partial charge on any atom is 0.401 e. The van der Waals surface area contributed by atoms with E-state index in [1.165, 1.54) is 4.90 Å². The first-order valence-electron chi connectivity index (χ1n) is 6.32. The van der Waals surface area contributed by atoms with Crippen LogP contribution < -0.4 is 4.74 Å². The summed E-state index contributed by atoms with van der Waals surface area (Å²) in [5.41, 5.74) is 0. The predicted octanol–water partition coefficient (Wildman–Crippen LogP) is 2.89. The molecule has 0 amide bonds. The third-order valence-corrected chi connectivity index (χ3v) is 3.46. The highest BCUT2D eigenvalue weighted by Crippen LogP contribution is 2.22. The Labute approximate surface area is 123 Å². The Morgan fingerprint density at radius 1 is 1.35 bits per heavy atom. The van der Waals surface area contributed by atoms with Crippen molar-refractivity contribution in [3.05, 3.63) is 16.9 Å². The van der Waals surface area contributed by atoms with Gasteiger partial charge in [0.25, 0.3) is 0 Å². The number of nitrogens with zero attached hydrogens (tertiary/aromatic N) is 3. The van der Waals surface area contributed by atoms with Gasteiger partial charge in [-0.3, -0.25) is 4.90 Å². The zero-order valence-corrected chi connectivity index (χ0v) is 12.3. The van der Waals surface area contributed by atoms with Crippen LogP contribution in [0.2, 0.25) is 0 Å². The van der Waals surface area contributed by atoms with E-state index in [0.717, 1.165) is 17.3 Å². The first kappa shape index (κ1) is 15.5. The Hall–Kier alpha value is -0.890. The second kappa shape index (κ2) is 6.71. The fourth-order valence-electron chi connectivity index (χ4n) is 2.25. The highest BCUT2D eigenvalue weighted by Gasteiger charge is 2.33. The summed E-state index contributed by atoms with van der Waals surface area (Å²) in [5, 5.41) is 0. The molecule has 2 heterocycles. The van der Waals surface area contributed by atoms with Gasteiger partial charge in [0.1, 0.15) is 0 Å². The van der Waals surface area contributed by atoms with Gasteiger partial charge in [-0.1, -0.05) is 0 Å². The maximum atomic E-state index is 12.4. The molecule has 0 N–H and O–H groups in total. The smallest absolute Gasteiger partial charge is 0.401 e. The topological polar surface area (TPSA) is 38.2 Å². The molecule has 1 fully saturated rings. The normalized spacial score (nSPS) is 20.9. The molecule has 112 valence electrons. The van der Waals surface area contributed by atoms with Crippen molar-refractivity contribution in [1.29, 1.82) is 0 Å². The lowest BCUT2D eigenvalue weighted by Gasteiger charge is -2.32. The molecule has 4 nitrogen and oxygen atoms in total. The van der Waals surface area contributed by atoms with Crippen LogP contribution >= 0.6 is 15.9 Å². The molecule has 2 rings (SSSR count). The summed E-state index contributed by atoms with van der Waals surface area (Å²) < 4.78 is 43.3. The van der Waals surface area contributed by atoms with E-state index >= 15 is 0 Å². The minimum atomic E-state index is -4.14. The van der Waals surface area contributed by atoms with Crippen LogP contribution in [0, 0.1) is 5.92 Å². The van der Waals surface area contributed by atoms with Crippen LogP contribution in [-0.4, -0.2) is 47.3 Å². The Morgan fingerprint density at radius 2 is 2.05 bits per heavy atom. The Kier molecular flexibility index (Phi) is 5.20. The van der Waals surface area contributed by atoms with E-state index in [9.17, 15) is 13.2 Å². The molecule has 8 heteroatoms. The highest BCUT2D eigenvalue weighted by molar-refractivity contribution is 9.10. The first-order valence-corrected chi connectivity index (χ1v) is 7.11.